The van der Waals surface area contributed by atoms with Crippen molar-refractivity contribution in [2.24, 2.45) is 0 Å². The fourth-order valence-electron chi connectivity index (χ4n) is 2.02. The molecule has 1 aromatic heterocycles. The second kappa shape index (κ2) is 5.92. The Bertz CT molecular complexity index is 399. The molecule has 0 aromatic carbocycles. The number of nitrogens with zero attached hydrogens (tertiary/aromatic N) is 3. The van der Waals surface area contributed by atoms with Crippen molar-refractivity contribution in [2.75, 3.05) is 19.7 Å². The van der Waals surface area contributed by atoms with Gasteiger partial charge in [-0.3, -0.25) is 4.90 Å². The lowest BCUT2D eigenvalue weighted by Crippen LogP contribution is -2.37. The van der Waals surface area contributed by atoms with Gasteiger partial charge in [0.15, 0.2) is 5.82 Å². The van der Waals surface area contributed by atoms with Crippen LogP contribution in [0.1, 0.15) is 24.6 Å². The van der Waals surface area contributed by atoms with E-state index in [1.165, 1.54) is 0 Å². The molecule has 7 heteroatoms. The SMILES string of the molecule is Cc1noc(CN2CCC(OCC(=O)O)CC2)n1. The van der Waals surface area contributed by atoms with Crippen LogP contribution in [0.4, 0.5) is 0 Å². The van der Waals surface area contributed by atoms with Crippen molar-refractivity contribution < 1.29 is 19.2 Å². The molecule has 18 heavy (non-hydrogen) atoms. The number of carboxylic acids is 1. The van der Waals surface area contributed by atoms with E-state index in [1.54, 1.807) is 6.92 Å². The monoisotopic (exact) mass is 255 g/mol. The molecule has 0 bridgehead atoms. The molecular formula is C11H17N3O4. The third-order valence-electron chi connectivity index (χ3n) is 2.91. The van der Waals surface area contributed by atoms with Gasteiger partial charge in [0, 0.05) is 13.1 Å². The van der Waals surface area contributed by atoms with Gasteiger partial charge in [0.1, 0.15) is 6.61 Å². The van der Waals surface area contributed by atoms with E-state index in [9.17, 15) is 4.79 Å². The zero-order valence-corrected chi connectivity index (χ0v) is 10.3. The summed E-state index contributed by atoms with van der Waals surface area (Å²) in [6, 6.07) is 0. The molecule has 1 aliphatic rings. The summed E-state index contributed by atoms with van der Waals surface area (Å²) in [5, 5.41) is 12.3. The highest BCUT2D eigenvalue weighted by Gasteiger charge is 2.21. The van der Waals surface area contributed by atoms with Gasteiger partial charge in [-0.05, 0) is 19.8 Å². The average Bonchev–Trinajstić information content (AvgIpc) is 2.74. The van der Waals surface area contributed by atoms with E-state index in [2.05, 4.69) is 15.0 Å². The molecule has 0 spiro atoms. The van der Waals surface area contributed by atoms with Crippen LogP contribution in [0.5, 0.6) is 0 Å². The van der Waals surface area contributed by atoms with Gasteiger partial charge < -0.3 is 14.4 Å². The van der Waals surface area contributed by atoms with Crippen LogP contribution in [0.3, 0.4) is 0 Å². The first kappa shape index (κ1) is 13.0. The lowest BCUT2D eigenvalue weighted by molar-refractivity contribution is -0.145. The Balaban J connectivity index is 1.71. The van der Waals surface area contributed by atoms with Crippen molar-refractivity contribution in [3.05, 3.63) is 11.7 Å². The van der Waals surface area contributed by atoms with Gasteiger partial charge in [-0.15, -0.1) is 0 Å². The van der Waals surface area contributed by atoms with E-state index in [1.807, 2.05) is 0 Å². The summed E-state index contributed by atoms with van der Waals surface area (Å²) < 4.78 is 10.3. The van der Waals surface area contributed by atoms with Crippen molar-refractivity contribution in [1.29, 1.82) is 0 Å². The van der Waals surface area contributed by atoms with Gasteiger partial charge in [-0.2, -0.15) is 4.98 Å². The molecule has 0 amide bonds. The number of aromatic nitrogens is 2. The van der Waals surface area contributed by atoms with Gasteiger partial charge in [0.2, 0.25) is 5.89 Å². The van der Waals surface area contributed by atoms with E-state index in [0.29, 0.717) is 18.3 Å². The van der Waals surface area contributed by atoms with Gasteiger partial charge in [-0.25, -0.2) is 4.79 Å². The maximum atomic E-state index is 10.4. The Morgan fingerprint density at radius 1 is 1.56 bits per heavy atom. The third-order valence-corrected chi connectivity index (χ3v) is 2.91. The summed E-state index contributed by atoms with van der Waals surface area (Å²) in [6.07, 6.45) is 1.71. The van der Waals surface area contributed by atoms with Crippen LogP contribution in [0.15, 0.2) is 4.52 Å². The molecule has 0 atom stereocenters. The number of piperidine rings is 1. The number of ether oxygens (including phenoxy) is 1. The quantitative estimate of drug-likeness (QED) is 0.816. The molecular weight excluding hydrogens is 238 g/mol. The van der Waals surface area contributed by atoms with Gasteiger partial charge in [-0.1, -0.05) is 5.16 Å². The molecule has 0 saturated carbocycles. The number of hydrogen-bond acceptors (Lipinski definition) is 6. The highest BCUT2D eigenvalue weighted by atomic mass is 16.5. The largest absolute Gasteiger partial charge is 0.480 e. The Kier molecular flexibility index (Phi) is 4.27. The molecule has 2 rings (SSSR count). The number of aliphatic carboxylic acids is 1. The van der Waals surface area contributed by atoms with Crippen LogP contribution in [0.2, 0.25) is 0 Å². The van der Waals surface area contributed by atoms with E-state index in [4.69, 9.17) is 14.4 Å². The molecule has 1 saturated heterocycles. The van der Waals surface area contributed by atoms with Crippen molar-refractivity contribution in [2.45, 2.75) is 32.4 Å². The number of hydrogen-bond donors (Lipinski definition) is 1. The maximum absolute atomic E-state index is 10.4. The van der Waals surface area contributed by atoms with E-state index >= 15 is 0 Å². The summed E-state index contributed by atoms with van der Waals surface area (Å²) in [7, 11) is 0. The predicted octanol–water partition coefficient (Wildman–Crippen LogP) is 0.444. The van der Waals surface area contributed by atoms with Crippen LogP contribution in [-0.2, 0) is 16.1 Å². The number of aryl methyl sites for hydroxylation is 1. The highest BCUT2D eigenvalue weighted by molar-refractivity contribution is 5.68. The smallest absolute Gasteiger partial charge is 0.329 e. The van der Waals surface area contributed by atoms with Crippen LogP contribution < -0.4 is 0 Å². The zero-order valence-electron chi connectivity index (χ0n) is 10.3. The van der Waals surface area contributed by atoms with Crippen LogP contribution in [0, 0.1) is 6.92 Å². The summed E-state index contributed by atoms with van der Waals surface area (Å²) in [5.41, 5.74) is 0. The molecule has 0 unspecified atom stereocenters. The summed E-state index contributed by atoms with van der Waals surface area (Å²) in [6.45, 7) is 3.93. The van der Waals surface area contributed by atoms with Crippen LogP contribution >= 0.6 is 0 Å². The molecule has 1 fully saturated rings. The summed E-state index contributed by atoms with van der Waals surface area (Å²) >= 11 is 0. The first-order chi connectivity index (χ1) is 8.63. The lowest BCUT2D eigenvalue weighted by atomic mass is 10.1. The normalized spacial score (nSPS) is 18.1. The summed E-state index contributed by atoms with van der Waals surface area (Å²) in [4.78, 5) is 16.7. The van der Waals surface area contributed by atoms with Crippen molar-refractivity contribution in [1.82, 2.24) is 15.0 Å². The number of carbonyl (C=O) groups is 1. The minimum Gasteiger partial charge on any atom is -0.480 e. The maximum Gasteiger partial charge on any atom is 0.329 e. The molecule has 0 aliphatic carbocycles. The number of rotatable bonds is 5. The Morgan fingerprint density at radius 2 is 2.28 bits per heavy atom. The first-order valence-electron chi connectivity index (χ1n) is 5.98. The van der Waals surface area contributed by atoms with Crippen molar-refractivity contribution in [3.63, 3.8) is 0 Å². The second-order valence-electron chi connectivity index (χ2n) is 4.42. The molecule has 0 radical (unpaired) electrons. The molecule has 1 N–H and O–H groups in total. The molecule has 2 heterocycles. The zero-order chi connectivity index (χ0) is 13.0. The third kappa shape index (κ3) is 3.78. The molecule has 1 aromatic rings. The van der Waals surface area contributed by atoms with Gasteiger partial charge in [0.05, 0.1) is 12.6 Å². The van der Waals surface area contributed by atoms with Gasteiger partial charge in [0.25, 0.3) is 0 Å². The van der Waals surface area contributed by atoms with Crippen molar-refractivity contribution in [3.8, 4) is 0 Å². The fourth-order valence-corrected chi connectivity index (χ4v) is 2.02. The minimum atomic E-state index is -0.918. The summed E-state index contributed by atoms with van der Waals surface area (Å²) in [5.74, 6) is 0.348. The topological polar surface area (TPSA) is 88.7 Å². The van der Waals surface area contributed by atoms with Crippen LogP contribution in [-0.4, -0.2) is 51.9 Å². The van der Waals surface area contributed by atoms with E-state index in [0.717, 1.165) is 25.9 Å². The Labute approximate surface area is 105 Å². The second-order valence-corrected chi connectivity index (χ2v) is 4.42. The molecule has 7 nitrogen and oxygen atoms in total. The first-order valence-corrected chi connectivity index (χ1v) is 5.98. The molecule has 1 aliphatic heterocycles. The van der Waals surface area contributed by atoms with Gasteiger partial charge >= 0.3 is 5.97 Å². The highest BCUT2D eigenvalue weighted by Crippen LogP contribution is 2.15. The lowest BCUT2D eigenvalue weighted by Gasteiger charge is -2.30. The minimum absolute atomic E-state index is 0.0433. The average molecular weight is 255 g/mol. The van der Waals surface area contributed by atoms with E-state index in [-0.39, 0.29) is 12.7 Å². The Morgan fingerprint density at radius 3 is 2.83 bits per heavy atom. The number of carboxylic acid groups (broad SMARTS) is 1. The van der Waals surface area contributed by atoms with E-state index < -0.39 is 5.97 Å². The van der Waals surface area contributed by atoms with Crippen molar-refractivity contribution >= 4 is 5.97 Å². The molecule has 100 valence electrons. The standard InChI is InChI=1S/C11H17N3O4/c1-8-12-10(18-13-8)6-14-4-2-9(3-5-14)17-7-11(15)16/h9H,2-7H2,1H3,(H,15,16). The Hall–Kier alpha value is -1.47. The number of likely N-dealkylation sites (tertiary alicyclic amines) is 1. The fraction of sp³-hybridized carbons (Fsp3) is 0.727. The predicted molar refractivity (Wildman–Crippen MR) is 60.9 cm³/mol. The van der Waals surface area contributed by atoms with Crippen LogP contribution in [0.25, 0.3) is 0 Å².